The second-order valence-corrected chi connectivity index (χ2v) is 6.54. The van der Waals surface area contributed by atoms with Gasteiger partial charge in [0.15, 0.2) is 11.5 Å². The number of carbonyl (C=O) groups excluding carboxylic acids is 1. The molecular formula is C19H22BrNO3. The number of rotatable bonds is 6. The molecule has 0 unspecified atom stereocenters. The van der Waals surface area contributed by atoms with Crippen molar-refractivity contribution >= 4 is 21.8 Å². The molecule has 0 radical (unpaired) electrons. The summed E-state index contributed by atoms with van der Waals surface area (Å²) >= 11 is 3.53. The highest BCUT2D eigenvalue weighted by Crippen LogP contribution is 2.33. The van der Waals surface area contributed by atoms with Gasteiger partial charge in [-0.15, -0.1) is 0 Å². The van der Waals surface area contributed by atoms with Crippen LogP contribution in [0.25, 0.3) is 0 Å². The third-order valence-electron chi connectivity index (χ3n) is 3.72. The first-order valence-corrected chi connectivity index (χ1v) is 8.50. The summed E-state index contributed by atoms with van der Waals surface area (Å²) in [6.07, 6.45) is 0.692. The first kappa shape index (κ1) is 18.3. The van der Waals surface area contributed by atoms with Crippen LogP contribution in [-0.2, 0) is 6.42 Å². The van der Waals surface area contributed by atoms with Gasteiger partial charge in [-0.1, -0.05) is 33.1 Å². The fourth-order valence-electron chi connectivity index (χ4n) is 2.61. The van der Waals surface area contributed by atoms with Crippen LogP contribution < -0.4 is 14.8 Å². The Hall–Kier alpha value is -2.01. The largest absolute Gasteiger partial charge is 0.493 e. The molecule has 1 N–H and O–H groups in total. The van der Waals surface area contributed by atoms with E-state index in [1.165, 1.54) is 0 Å². The number of nitrogens with one attached hydrogen (secondary N) is 1. The third kappa shape index (κ3) is 4.51. The minimum absolute atomic E-state index is 0.0570. The molecular weight excluding hydrogens is 370 g/mol. The highest BCUT2D eigenvalue weighted by molar-refractivity contribution is 9.10. The first-order valence-electron chi connectivity index (χ1n) is 7.71. The molecule has 2 aromatic rings. The Labute approximate surface area is 151 Å². The van der Waals surface area contributed by atoms with E-state index in [-0.39, 0.29) is 5.91 Å². The predicted molar refractivity (Wildman–Crippen MR) is 99.2 cm³/mol. The second kappa shape index (κ2) is 8.20. The van der Waals surface area contributed by atoms with Crippen LogP contribution in [0.4, 0.5) is 0 Å². The third-order valence-corrected chi connectivity index (χ3v) is 4.45. The van der Waals surface area contributed by atoms with Crippen LogP contribution in [0.2, 0.25) is 0 Å². The molecule has 0 aliphatic rings. The van der Waals surface area contributed by atoms with Crippen molar-refractivity contribution in [2.75, 3.05) is 20.8 Å². The zero-order valence-electron chi connectivity index (χ0n) is 14.4. The van der Waals surface area contributed by atoms with E-state index in [0.717, 1.165) is 21.2 Å². The lowest BCUT2D eigenvalue weighted by molar-refractivity contribution is 0.0954. The lowest BCUT2D eigenvalue weighted by Gasteiger charge is -2.12. The molecule has 1 amide bonds. The Morgan fingerprint density at radius 3 is 2.17 bits per heavy atom. The van der Waals surface area contributed by atoms with Crippen molar-refractivity contribution in [3.05, 3.63) is 57.1 Å². The van der Waals surface area contributed by atoms with Crippen molar-refractivity contribution in [3.63, 3.8) is 0 Å². The smallest absolute Gasteiger partial charge is 0.251 e. The minimum atomic E-state index is -0.0570. The number of methoxy groups -OCH3 is 2. The summed E-state index contributed by atoms with van der Waals surface area (Å²) < 4.78 is 11.5. The number of carbonyl (C=O) groups is 1. The molecule has 0 saturated carbocycles. The number of ether oxygens (including phenoxy) is 2. The molecule has 5 heteroatoms. The molecule has 128 valence electrons. The molecule has 0 fully saturated rings. The summed E-state index contributed by atoms with van der Waals surface area (Å²) in [6.45, 7) is 4.52. The number of hydrogen-bond donors (Lipinski definition) is 1. The van der Waals surface area contributed by atoms with E-state index in [1.807, 2.05) is 38.1 Å². The van der Waals surface area contributed by atoms with Gasteiger partial charge < -0.3 is 14.8 Å². The van der Waals surface area contributed by atoms with Gasteiger partial charge >= 0.3 is 0 Å². The van der Waals surface area contributed by atoms with Crippen molar-refractivity contribution in [1.29, 1.82) is 0 Å². The molecule has 0 bridgehead atoms. The van der Waals surface area contributed by atoms with E-state index in [2.05, 4.69) is 27.3 Å². The summed E-state index contributed by atoms with van der Waals surface area (Å²) in [5.41, 5.74) is 3.91. The number of amides is 1. The Bertz CT molecular complexity index is 723. The predicted octanol–water partition coefficient (Wildman–Crippen LogP) is 4.06. The fraction of sp³-hybridized carbons (Fsp3) is 0.316. The van der Waals surface area contributed by atoms with Crippen LogP contribution in [0.3, 0.4) is 0 Å². The maximum absolute atomic E-state index is 12.3. The first-order chi connectivity index (χ1) is 11.4. The van der Waals surface area contributed by atoms with Crippen LogP contribution in [0.1, 0.15) is 27.0 Å². The van der Waals surface area contributed by atoms with E-state index in [0.29, 0.717) is 30.0 Å². The Balaban J connectivity index is 2.02. The maximum atomic E-state index is 12.3. The van der Waals surface area contributed by atoms with Gasteiger partial charge in [0.2, 0.25) is 0 Å². The van der Waals surface area contributed by atoms with E-state index >= 15 is 0 Å². The normalized spacial score (nSPS) is 10.4. The summed E-state index contributed by atoms with van der Waals surface area (Å²) in [5.74, 6) is 1.29. The van der Waals surface area contributed by atoms with Gasteiger partial charge in [-0.25, -0.2) is 0 Å². The summed E-state index contributed by atoms with van der Waals surface area (Å²) in [6, 6.07) is 9.65. The molecule has 4 nitrogen and oxygen atoms in total. The van der Waals surface area contributed by atoms with Gasteiger partial charge in [0.1, 0.15) is 0 Å². The lowest BCUT2D eigenvalue weighted by Crippen LogP contribution is -2.26. The van der Waals surface area contributed by atoms with Gasteiger partial charge in [0.25, 0.3) is 5.91 Å². The van der Waals surface area contributed by atoms with Crippen LogP contribution in [0, 0.1) is 13.8 Å². The van der Waals surface area contributed by atoms with Gasteiger partial charge in [-0.3, -0.25) is 4.79 Å². The molecule has 0 aliphatic carbocycles. The van der Waals surface area contributed by atoms with E-state index in [4.69, 9.17) is 9.47 Å². The standard InChI is InChI=1S/C19H22BrNO3/c1-12-7-13(2)9-15(8-12)19(22)21-6-5-14-10-17(23-3)18(24-4)11-16(14)20/h7-11H,5-6H2,1-4H3,(H,21,22). The monoisotopic (exact) mass is 391 g/mol. The molecule has 0 saturated heterocycles. The zero-order chi connectivity index (χ0) is 17.7. The van der Waals surface area contributed by atoms with Crippen molar-refractivity contribution in [3.8, 4) is 11.5 Å². The quantitative estimate of drug-likeness (QED) is 0.807. The topological polar surface area (TPSA) is 47.6 Å². The second-order valence-electron chi connectivity index (χ2n) is 5.68. The Morgan fingerprint density at radius 2 is 1.58 bits per heavy atom. The Kier molecular flexibility index (Phi) is 6.26. The lowest BCUT2D eigenvalue weighted by atomic mass is 10.1. The van der Waals surface area contributed by atoms with Crippen LogP contribution in [0.15, 0.2) is 34.8 Å². The summed E-state index contributed by atoms with van der Waals surface area (Å²) in [4.78, 5) is 12.3. The maximum Gasteiger partial charge on any atom is 0.251 e. The van der Waals surface area contributed by atoms with E-state index in [9.17, 15) is 4.79 Å². The molecule has 0 aromatic heterocycles. The average Bonchev–Trinajstić information content (AvgIpc) is 2.54. The fourth-order valence-corrected chi connectivity index (χ4v) is 3.13. The van der Waals surface area contributed by atoms with Gasteiger partial charge in [-0.05, 0) is 50.1 Å². The number of aryl methyl sites for hydroxylation is 2. The summed E-state index contributed by atoms with van der Waals surface area (Å²) in [5, 5.41) is 2.96. The zero-order valence-corrected chi connectivity index (χ0v) is 16.0. The minimum Gasteiger partial charge on any atom is -0.493 e. The summed E-state index contributed by atoms with van der Waals surface area (Å²) in [7, 11) is 3.21. The molecule has 0 aliphatic heterocycles. The van der Waals surface area contributed by atoms with E-state index < -0.39 is 0 Å². The van der Waals surface area contributed by atoms with Crippen LogP contribution in [-0.4, -0.2) is 26.7 Å². The van der Waals surface area contributed by atoms with Gasteiger partial charge in [0, 0.05) is 16.6 Å². The van der Waals surface area contributed by atoms with Gasteiger partial charge in [0.05, 0.1) is 14.2 Å². The molecule has 2 rings (SSSR count). The average molecular weight is 392 g/mol. The van der Waals surface area contributed by atoms with E-state index in [1.54, 1.807) is 14.2 Å². The van der Waals surface area contributed by atoms with Crippen LogP contribution >= 0.6 is 15.9 Å². The van der Waals surface area contributed by atoms with Crippen molar-refractivity contribution in [1.82, 2.24) is 5.32 Å². The number of halogens is 1. The molecule has 24 heavy (non-hydrogen) atoms. The molecule has 0 spiro atoms. The van der Waals surface area contributed by atoms with Gasteiger partial charge in [-0.2, -0.15) is 0 Å². The SMILES string of the molecule is COc1cc(Br)c(CCNC(=O)c2cc(C)cc(C)c2)cc1OC. The Morgan fingerprint density at radius 1 is 1.00 bits per heavy atom. The number of hydrogen-bond acceptors (Lipinski definition) is 3. The molecule has 2 aromatic carbocycles. The van der Waals surface area contributed by atoms with Crippen LogP contribution in [0.5, 0.6) is 11.5 Å². The van der Waals surface area contributed by atoms with Crippen molar-refractivity contribution in [2.24, 2.45) is 0 Å². The number of benzene rings is 2. The molecule has 0 heterocycles. The highest BCUT2D eigenvalue weighted by Gasteiger charge is 2.11. The molecule has 0 atom stereocenters. The van der Waals surface area contributed by atoms with Crippen molar-refractivity contribution < 1.29 is 14.3 Å². The van der Waals surface area contributed by atoms with Crippen molar-refractivity contribution in [2.45, 2.75) is 20.3 Å². The highest BCUT2D eigenvalue weighted by atomic mass is 79.9.